The Bertz CT molecular complexity index is 352. The van der Waals surface area contributed by atoms with Crippen molar-refractivity contribution in [2.24, 2.45) is 0 Å². The smallest absolute Gasteiger partial charge is 0.335 e. The number of rotatable bonds is 8. The zero-order valence-corrected chi connectivity index (χ0v) is 10.1. The Morgan fingerprint density at radius 2 is 2.24 bits per heavy atom. The number of carbonyl (C=O) groups is 1. The van der Waals surface area contributed by atoms with Gasteiger partial charge in [0.1, 0.15) is 0 Å². The number of hydrogen-bond donors (Lipinski definition) is 2. The molecule has 0 spiro atoms. The number of nitrogens with one attached hydrogen (secondary N) is 1. The summed E-state index contributed by atoms with van der Waals surface area (Å²) in [6, 6.07) is 6.99. The van der Waals surface area contributed by atoms with E-state index in [1.54, 1.807) is 25.3 Å². The molecule has 0 aliphatic carbocycles. The van der Waals surface area contributed by atoms with Crippen LogP contribution in [0.25, 0.3) is 0 Å². The summed E-state index contributed by atoms with van der Waals surface area (Å²) in [5.74, 6) is -0.882. The van der Waals surface area contributed by atoms with Crippen molar-refractivity contribution in [1.82, 2.24) is 5.32 Å². The maximum atomic E-state index is 10.8. The number of hydrogen-bond acceptors (Lipinski definition) is 3. The Morgan fingerprint density at radius 1 is 1.41 bits per heavy atom. The van der Waals surface area contributed by atoms with Crippen molar-refractivity contribution in [3.63, 3.8) is 0 Å². The predicted octanol–water partition coefficient (Wildman–Crippen LogP) is 1.90. The van der Waals surface area contributed by atoms with Crippen LogP contribution in [0.4, 0.5) is 0 Å². The van der Waals surface area contributed by atoms with Crippen molar-refractivity contribution in [1.29, 1.82) is 0 Å². The van der Waals surface area contributed by atoms with E-state index in [0.29, 0.717) is 12.1 Å². The van der Waals surface area contributed by atoms with Gasteiger partial charge in [-0.15, -0.1) is 0 Å². The van der Waals surface area contributed by atoms with Crippen LogP contribution in [0, 0.1) is 0 Å². The van der Waals surface area contributed by atoms with Gasteiger partial charge in [0.2, 0.25) is 0 Å². The summed E-state index contributed by atoms with van der Waals surface area (Å²) in [4.78, 5) is 10.8. The van der Waals surface area contributed by atoms with Crippen LogP contribution < -0.4 is 5.32 Å². The first kappa shape index (κ1) is 13.7. The average Bonchev–Trinajstić information content (AvgIpc) is 2.34. The zero-order valence-electron chi connectivity index (χ0n) is 10.1. The van der Waals surface area contributed by atoms with E-state index < -0.39 is 5.97 Å². The van der Waals surface area contributed by atoms with Gasteiger partial charge >= 0.3 is 5.97 Å². The molecule has 0 saturated heterocycles. The molecule has 0 heterocycles. The monoisotopic (exact) mass is 237 g/mol. The molecule has 0 bridgehead atoms. The second-order valence-corrected chi connectivity index (χ2v) is 3.88. The molecular weight excluding hydrogens is 218 g/mol. The predicted molar refractivity (Wildman–Crippen MR) is 66.2 cm³/mol. The second kappa shape index (κ2) is 7.81. The highest BCUT2D eigenvalue weighted by Gasteiger charge is 2.02. The third-order valence-electron chi connectivity index (χ3n) is 2.46. The minimum atomic E-state index is -0.882. The summed E-state index contributed by atoms with van der Waals surface area (Å²) in [7, 11) is 1.70. The van der Waals surface area contributed by atoms with Crippen molar-refractivity contribution >= 4 is 5.97 Å². The van der Waals surface area contributed by atoms with Gasteiger partial charge in [-0.25, -0.2) is 4.79 Å². The number of ether oxygens (including phenoxy) is 1. The first-order chi connectivity index (χ1) is 8.24. The fraction of sp³-hybridized carbons (Fsp3) is 0.462. The number of carboxylic acids is 1. The van der Waals surface area contributed by atoms with Crippen LogP contribution in [-0.2, 0) is 11.3 Å². The Morgan fingerprint density at radius 3 is 2.94 bits per heavy atom. The Kier molecular flexibility index (Phi) is 6.29. The van der Waals surface area contributed by atoms with Gasteiger partial charge in [0.15, 0.2) is 0 Å². The van der Waals surface area contributed by atoms with E-state index in [-0.39, 0.29) is 0 Å². The molecule has 0 fully saturated rings. The van der Waals surface area contributed by atoms with E-state index >= 15 is 0 Å². The molecule has 0 radical (unpaired) electrons. The lowest BCUT2D eigenvalue weighted by atomic mass is 10.1. The van der Waals surface area contributed by atoms with Crippen LogP contribution in [0.5, 0.6) is 0 Å². The average molecular weight is 237 g/mol. The van der Waals surface area contributed by atoms with Crippen LogP contribution in [0.2, 0.25) is 0 Å². The highest BCUT2D eigenvalue weighted by molar-refractivity contribution is 5.87. The normalized spacial score (nSPS) is 10.4. The van der Waals surface area contributed by atoms with Crippen molar-refractivity contribution in [3.05, 3.63) is 35.4 Å². The quantitative estimate of drug-likeness (QED) is 0.678. The number of unbranched alkanes of at least 4 members (excludes halogenated alkanes) is 1. The molecule has 1 aromatic carbocycles. The van der Waals surface area contributed by atoms with E-state index in [2.05, 4.69) is 5.32 Å². The fourth-order valence-corrected chi connectivity index (χ4v) is 1.54. The lowest BCUT2D eigenvalue weighted by Crippen LogP contribution is -2.15. The zero-order chi connectivity index (χ0) is 12.5. The molecule has 4 nitrogen and oxygen atoms in total. The Labute approximate surface area is 102 Å². The molecule has 0 aliphatic heterocycles. The van der Waals surface area contributed by atoms with E-state index in [4.69, 9.17) is 9.84 Å². The standard InChI is InChI=1S/C13H19NO3/c1-17-8-3-2-7-14-10-11-5-4-6-12(9-11)13(15)16/h4-6,9,14H,2-3,7-8,10H2,1H3,(H,15,16). The molecule has 1 aromatic rings. The summed E-state index contributed by atoms with van der Waals surface area (Å²) < 4.78 is 4.96. The Hall–Kier alpha value is -1.39. The van der Waals surface area contributed by atoms with E-state index in [1.807, 2.05) is 6.07 Å². The van der Waals surface area contributed by atoms with Gasteiger partial charge in [0.25, 0.3) is 0 Å². The van der Waals surface area contributed by atoms with E-state index in [1.165, 1.54) is 0 Å². The molecule has 0 aliphatic rings. The summed E-state index contributed by atoms with van der Waals surface area (Å²) in [6.45, 7) is 2.41. The molecule has 17 heavy (non-hydrogen) atoms. The third kappa shape index (κ3) is 5.47. The van der Waals surface area contributed by atoms with E-state index in [9.17, 15) is 4.79 Å². The summed E-state index contributed by atoms with van der Waals surface area (Å²) in [5.41, 5.74) is 1.33. The minimum Gasteiger partial charge on any atom is -0.478 e. The van der Waals surface area contributed by atoms with Gasteiger partial charge < -0.3 is 15.2 Å². The van der Waals surface area contributed by atoms with Crippen molar-refractivity contribution in [2.45, 2.75) is 19.4 Å². The summed E-state index contributed by atoms with van der Waals surface area (Å²) in [5, 5.41) is 12.1. The Balaban J connectivity index is 2.27. The molecule has 0 unspecified atom stereocenters. The van der Waals surface area contributed by atoms with Crippen molar-refractivity contribution < 1.29 is 14.6 Å². The van der Waals surface area contributed by atoms with Crippen molar-refractivity contribution in [2.75, 3.05) is 20.3 Å². The molecule has 0 saturated carbocycles. The summed E-state index contributed by atoms with van der Waals surface area (Å²) >= 11 is 0. The molecule has 0 amide bonds. The molecular formula is C13H19NO3. The lowest BCUT2D eigenvalue weighted by molar-refractivity contribution is 0.0696. The maximum absolute atomic E-state index is 10.8. The van der Waals surface area contributed by atoms with Gasteiger partial charge in [-0.1, -0.05) is 12.1 Å². The van der Waals surface area contributed by atoms with Gasteiger partial charge in [-0.3, -0.25) is 0 Å². The largest absolute Gasteiger partial charge is 0.478 e. The minimum absolute atomic E-state index is 0.337. The first-order valence-corrected chi connectivity index (χ1v) is 5.76. The topological polar surface area (TPSA) is 58.6 Å². The first-order valence-electron chi connectivity index (χ1n) is 5.76. The fourth-order valence-electron chi connectivity index (χ4n) is 1.54. The second-order valence-electron chi connectivity index (χ2n) is 3.88. The van der Waals surface area contributed by atoms with Gasteiger partial charge in [-0.05, 0) is 37.1 Å². The molecule has 4 heteroatoms. The molecule has 1 rings (SSSR count). The van der Waals surface area contributed by atoms with Crippen LogP contribution >= 0.6 is 0 Å². The molecule has 0 atom stereocenters. The lowest BCUT2D eigenvalue weighted by Gasteiger charge is -2.05. The molecule has 0 aromatic heterocycles. The van der Waals surface area contributed by atoms with Crippen LogP contribution in [0.1, 0.15) is 28.8 Å². The van der Waals surface area contributed by atoms with Crippen LogP contribution in [-0.4, -0.2) is 31.3 Å². The van der Waals surface area contributed by atoms with Crippen LogP contribution in [0.15, 0.2) is 24.3 Å². The maximum Gasteiger partial charge on any atom is 0.335 e. The highest BCUT2D eigenvalue weighted by Crippen LogP contribution is 2.05. The van der Waals surface area contributed by atoms with Gasteiger partial charge in [-0.2, -0.15) is 0 Å². The van der Waals surface area contributed by atoms with Crippen molar-refractivity contribution in [3.8, 4) is 0 Å². The molecule has 94 valence electrons. The molecule has 2 N–H and O–H groups in total. The highest BCUT2D eigenvalue weighted by atomic mass is 16.5. The van der Waals surface area contributed by atoms with Crippen LogP contribution in [0.3, 0.4) is 0 Å². The summed E-state index contributed by atoms with van der Waals surface area (Å²) in [6.07, 6.45) is 2.10. The van der Waals surface area contributed by atoms with Gasteiger partial charge in [0.05, 0.1) is 5.56 Å². The SMILES string of the molecule is COCCCCNCc1cccc(C(=O)O)c1. The number of aromatic carboxylic acids is 1. The van der Waals surface area contributed by atoms with Gasteiger partial charge in [0, 0.05) is 20.3 Å². The number of carboxylic acid groups (broad SMARTS) is 1. The van der Waals surface area contributed by atoms with E-state index in [0.717, 1.165) is 31.6 Å². The third-order valence-corrected chi connectivity index (χ3v) is 2.46. The number of methoxy groups -OCH3 is 1. The number of benzene rings is 1.